The first-order valence-electron chi connectivity index (χ1n) is 0. The third-order valence-electron chi connectivity index (χ3n) is 0. The molecule has 0 radical (unpaired) electrons. The van der Waals surface area contributed by atoms with Crippen molar-refractivity contribution in [3.8, 4) is 0 Å². The summed E-state index contributed by atoms with van der Waals surface area (Å²) in [5.74, 6) is 0. The molecule has 0 saturated carbocycles. The van der Waals surface area contributed by atoms with Crippen LogP contribution in [0, 0.1) is 41.3 Å². The van der Waals surface area contributed by atoms with Crippen molar-refractivity contribution in [2.24, 2.45) is 0 Å². The predicted molar refractivity (Wildman–Crippen MR) is 11.3 cm³/mol. The van der Waals surface area contributed by atoms with Crippen LogP contribution in [0.3, 0.4) is 0 Å². The zero-order chi connectivity index (χ0) is 0. The molecule has 0 aliphatic heterocycles. The minimum absolute atomic E-state index is 0. The van der Waals surface area contributed by atoms with Gasteiger partial charge in [0.15, 0.2) is 0 Å². The van der Waals surface area contributed by atoms with Crippen LogP contribution in [0.25, 0.3) is 0 Å². The van der Waals surface area contributed by atoms with Gasteiger partial charge in [-0.2, -0.15) is 0 Å². The quantitative estimate of drug-likeness (QED) is 0.551. The van der Waals surface area contributed by atoms with Crippen molar-refractivity contribution >= 4 is 0 Å². The fraction of sp³-hybridized carbons (Fsp3) is 0. The largest absolute Gasteiger partial charge is 3.00 e. The van der Waals surface area contributed by atoms with Gasteiger partial charge in [0.2, 0.25) is 0 Å². The number of hydrogen-bond donors (Lipinski definition) is 1. The van der Waals surface area contributed by atoms with E-state index in [4.69, 9.17) is 0 Å². The molecule has 0 fully saturated rings. The van der Waals surface area contributed by atoms with Gasteiger partial charge in [0.25, 0.3) is 0 Å². The standard InChI is InChI=1S/H3N.2H2O.O.Pr/h1H3;2*1H2;;/q;;;-2;+3/p-1. The van der Waals surface area contributed by atoms with Gasteiger partial charge < -0.3 is 22.6 Å². The molecule has 0 spiro atoms. The Hall–Kier alpha value is 1.20. The van der Waals surface area contributed by atoms with Crippen LogP contribution in [0.1, 0.15) is 0 Å². The molecule has 5 heteroatoms. The first-order valence-corrected chi connectivity index (χ1v) is 0. The Kier molecular flexibility index (Phi) is 1470. The molecule has 0 aromatic rings. The fourth-order valence-corrected chi connectivity index (χ4v) is 0. The molecule has 0 amide bonds. The van der Waals surface area contributed by atoms with Gasteiger partial charge in [-0.25, -0.2) is 0 Å². The Morgan fingerprint density at radius 1 is 1.00 bits per heavy atom. The molecular weight excluding hydrogens is 203 g/mol. The molecule has 0 saturated heterocycles. The Labute approximate surface area is 63.4 Å². The van der Waals surface area contributed by atoms with E-state index in [1.54, 1.807) is 0 Å². The van der Waals surface area contributed by atoms with Gasteiger partial charge in [0.05, 0.1) is 0 Å². The third kappa shape index (κ3) is 36.9. The van der Waals surface area contributed by atoms with Gasteiger partial charge in [-0.3, -0.25) is 0 Å². The molecule has 0 aliphatic rings. The van der Waals surface area contributed by atoms with Gasteiger partial charge in [-0.05, 0) is 0 Å². The van der Waals surface area contributed by atoms with Crippen LogP contribution in [0.4, 0.5) is 0 Å². The summed E-state index contributed by atoms with van der Waals surface area (Å²) >= 11 is 0. The molecule has 0 unspecified atom stereocenters. The summed E-state index contributed by atoms with van der Waals surface area (Å²) in [6.07, 6.45) is 0. The van der Waals surface area contributed by atoms with Crippen molar-refractivity contribution in [2.75, 3.05) is 0 Å². The predicted octanol–water partition coefficient (Wildman–Crippen LogP) is -0.958. The molecular formula is H6NO3Pr. The molecule has 0 rings (SSSR count). The van der Waals surface area contributed by atoms with Crippen LogP contribution >= 0.6 is 0 Å². The van der Waals surface area contributed by atoms with E-state index in [1.165, 1.54) is 0 Å². The zero-order valence-electron chi connectivity index (χ0n) is 2.64. The first kappa shape index (κ1) is 116. The topological polar surface area (TPSA) is 125 Å². The summed E-state index contributed by atoms with van der Waals surface area (Å²) in [5.41, 5.74) is 0. The van der Waals surface area contributed by atoms with E-state index in [1.807, 2.05) is 0 Å². The van der Waals surface area contributed by atoms with E-state index in [9.17, 15) is 0 Å². The van der Waals surface area contributed by atoms with E-state index in [0.717, 1.165) is 0 Å². The number of hydrogen-bond acceptors (Lipinski definition) is 2. The average Bonchev–Trinajstić information content (AvgIpc) is 0. The van der Waals surface area contributed by atoms with Gasteiger partial charge >= 0.3 is 41.3 Å². The maximum atomic E-state index is 0. The Morgan fingerprint density at radius 3 is 1.00 bits per heavy atom. The average molecular weight is 209 g/mol. The van der Waals surface area contributed by atoms with Gasteiger partial charge in [-0.15, -0.1) is 0 Å². The van der Waals surface area contributed by atoms with Crippen molar-refractivity contribution < 1.29 is 57.7 Å². The van der Waals surface area contributed by atoms with E-state index < -0.39 is 0 Å². The van der Waals surface area contributed by atoms with Crippen LogP contribution < -0.4 is 6.15 Å². The van der Waals surface area contributed by atoms with Crippen LogP contribution in [-0.4, -0.2) is 11.0 Å². The van der Waals surface area contributed by atoms with Crippen LogP contribution in [-0.2, 0) is 5.48 Å². The summed E-state index contributed by atoms with van der Waals surface area (Å²) in [6, 6.07) is 0. The Bertz CT molecular complexity index is 6.85. The van der Waals surface area contributed by atoms with Gasteiger partial charge in [-0.1, -0.05) is 0 Å². The van der Waals surface area contributed by atoms with E-state index >= 15 is 0 Å². The molecule has 0 atom stereocenters. The van der Waals surface area contributed by atoms with Gasteiger partial charge in [0, 0.05) is 0 Å². The monoisotopic (exact) mass is 209 g/mol. The minimum Gasteiger partial charge on any atom is -2.00 e. The second kappa shape index (κ2) is 63.5. The fourth-order valence-electron chi connectivity index (χ4n) is 0. The smallest absolute Gasteiger partial charge is 2.00 e. The minimum atomic E-state index is 0. The van der Waals surface area contributed by atoms with E-state index in [0.29, 0.717) is 0 Å². The SMILES string of the molecule is N.O.[O-2].[OH-].[Pr+3]. The third-order valence-corrected chi connectivity index (χ3v) is 0. The van der Waals surface area contributed by atoms with Crippen molar-refractivity contribution in [3.05, 3.63) is 0 Å². The Balaban J connectivity index is 0. The second-order valence-electron chi connectivity index (χ2n) is 0. The van der Waals surface area contributed by atoms with E-state index in [2.05, 4.69) is 0 Å². The van der Waals surface area contributed by atoms with Crippen LogP contribution in [0.15, 0.2) is 0 Å². The second-order valence-corrected chi connectivity index (χ2v) is 0. The van der Waals surface area contributed by atoms with Gasteiger partial charge in [0.1, 0.15) is 0 Å². The van der Waals surface area contributed by atoms with Crippen LogP contribution in [0.2, 0.25) is 0 Å². The van der Waals surface area contributed by atoms with Crippen molar-refractivity contribution in [3.63, 3.8) is 0 Å². The summed E-state index contributed by atoms with van der Waals surface area (Å²) in [6.45, 7) is 0. The molecule has 5 heavy (non-hydrogen) atoms. The van der Waals surface area contributed by atoms with Crippen LogP contribution in [0.5, 0.6) is 0 Å². The molecule has 32 valence electrons. The maximum Gasteiger partial charge on any atom is 3.00 e. The molecule has 0 aromatic heterocycles. The summed E-state index contributed by atoms with van der Waals surface area (Å²) < 4.78 is 0. The molecule has 6 N–H and O–H groups in total. The molecule has 0 bridgehead atoms. The number of rotatable bonds is 0. The summed E-state index contributed by atoms with van der Waals surface area (Å²) in [7, 11) is 0. The first-order chi connectivity index (χ1) is 0. The molecule has 0 heterocycles. The van der Waals surface area contributed by atoms with E-state index in [-0.39, 0.29) is 63.9 Å². The Morgan fingerprint density at radius 2 is 1.00 bits per heavy atom. The van der Waals surface area contributed by atoms with Crippen molar-refractivity contribution in [1.29, 1.82) is 0 Å². The maximum absolute atomic E-state index is 0. The summed E-state index contributed by atoms with van der Waals surface area (Å²) in [5, 5.41) is 0. The summed E-state index contributed by atoms with van der Waals surface area (Å²) in [4.78, 5) is 0. The van der Waals surface area contributed by atoms with Crippen molar-refractivity contribution in [2.45, 2.75) is 0 Å². The molecule has 0 aromatic carbocycles. The van der Waals surface area contributed by atoms with Crippen molar-refractivity contribution in [1.82, 2.24) is 6.15 Å². The molecule has 4 nitrogen and oxygen atoms in total. The zero-order valence-corrected chi connectivity index (χ0v) is 6.34. The molecule has 0 aliphatic carbocycles. The normalized spacial score (nSPS) is 0.